The van der Waals surface area contributed by atoms with Crippen molar-refractivity contribution in [3.8, 4) is 0 Å². The van der Waals surface area contributed by atoms with E-state index in [1.54, 1.807) is 17.8 Å². The van der Waals surface area contributed by atoms with Crippen molar-refractivity contribution in [2.24, 2.45) is 11.8 Å². The van der Waals surface area contributed by atoms with Gasteiger partial charge in [0, 0.05) is 8.07 Å². The monoisotopic (exact) mass is 671 g/mol. The molecule has 2 aliphatic rings. The maximum absolute atomic E-state index is 3.54. The van der Waals surface area contributed by atoms with Gasteiger partial charge in [-0.3, -0.25) is 5.70 Å². The van der Waals surface area contributed by atoms with Crippen molar-refractivity contribution in [1.82, 2.24) is 0 Å². The molecule has 2 rings (SSSR count). The molecular weight excluding hydrogens is 607 g/mol. The summed E-state index contributed by atoms with van der Waals surface area (Å²) in [5.74, 6) is 17.0. The van der Waals surface area contributed by atoms with Gasteiger partial charge in [0.2, 0.25) is 0 Å². The van der Waals surface area contributed by atoms with Crippen molar-refractivity contribution in [1.29, 1.82) is 0 Å². The normalized spacial score (nSPS) is 20.8. The average molecular weight is 673 g/mol. The summed E-state index contributed by atoms with van der Waals surface area (Å²) in [5.41, 5.74) is 5.88. The topological polar surface area (TPSA) is 0 Å². The fourth-order valence-electron chi connectivity index (χ4n) is 5.33. The van der Waals surface area contributed by atoms with Gasteiger partial charge in [-0.2, -0.15) is 0 Å². The van der Waals surface area contributed by atoms with Crippen molar-refractivity contribution >= 4 is 30.3 Å². The molecule has 40 heavy (non-hydrogen) atoms. The van der Waals surface area contributed by atoms with E-state index in [0.717, 1.165) is 11.8 Å². The van der Waals surface area contributed by atoms with Gasteiger partial charge in [0.25, 0.3) is 14.1 Å². The molecular formula is C36H66AlSi2Zr+2. The quantitative estimate of drug-likeness (QED) is 0.178. The number of hydrogen-bond donors (Lipinski definition) is 0. The Morgan fingerprint density at radius 3 is 1.02 bits per heavy atom. The van der Waals surface area contributed by atoms with Crippen LogP contribution in [-0.2, 0) is 26.2 Å². The molecule has 0 heterocycles. The van der Waals surface area contributed by atoms with Crippen molar-refractivity contribution in [2.45, 2.75) is 145 Å². The molecule has 0 aromatic heterocycles. The first kappa shape index (κ1) is 43.7. The molecule has 0 N–H and O–H groups in total. The van der Waals surface area contributed by atoms with Crippen LogP contribution in [0.2, 0.25) is 55.1 Å². The summed E-state index contributed by atoms with van der Waals surface area (Å²) in [6.45, 7) is 43.8. The van der Waals surface area contributed by atoms with Crippen molar-refractivity contribution < 1.29 is 26.2 Å². The Labute approximate surface area is 282 Å². The van der Waals surface area contributed by atoms with Gasteiger partial charge in [-0.25, -0.2) is 0 Å². The van der Waals surface area contributed by atoms with E-state index < -0.39 is 30.3 Å². The largest absolute Gasteiger partial charge is 3.00 e. The summed E-state index contributed by atoms with van der Waals surface area (Å²) in [6.07, 6.45) is 0. The second-order valence-corrected chi connectivity index (χ2v) is 28.2. The molecule has 2 saturated carbocycles. The van der Waals surface area contributed by atoms with Gasteiger partial charge in [0.1, 0.15) is 0 Å². The fraction of sp³-hybridized carbons (Fsp3) is 0.667. The number of rotatable bonds is 8. The number of hydrogen-bond acceptors (Lipinski definition) is 0. The molecule has 0 aromatic carbocycles. The van der Waals surface area contributed by atoms with E-state index in [1.165, 1.54) is 57.3 Å². The predicted octanol–water partition coefficient (Wildman–Crippen LogP) is 11.8. The van der Waals surface area contributed by atoms with Crippen LogP contribution in [0, 0.1) is 76.7 Å². The van der Waals surface area contributed by atoms with Crippen LogP contribution in [-0.4, -0.2) is 30.3 Å². The predicted molar refractivity (Wildman–Crippen MR) is 188 cm³/mol. The third kappa shape index (κ3) is 16.1. The van der Waals surface area contributed by atoms with E-state index >= 15 is 0 Å². The molecule has 0 amide bonds. The Hall–Kier alpha value is 1.59. The van der Waals surface area contributed by atoms with Gasteiger partial charge in [-0.05, 0) is 59.2 Å². The first-order valence-corrected chi connectivity index (χ1v) is 25.1. The van der Waals surface area contributed by atoms with E-state index in [2.05, 4.69) is 141 Å². The molecule has 0 aromatic rings. The van der Waals surface area contributed by atoms with E-state index in [9.17, 15) is 0 Å². The van der Waals surface area contributed by atoms with Crippen molar-refractivity contribution in [3.05, 3.63) is 70.6 Å². The maximum atomic E-state index is 3.54. The standard InChI is InChI=1S/C10H15.C10H14.C8H19Si2.2C4H9.Al.Zr/c2*1-6-7(2)9(4)10(5)8(6)3;1-9(2,3)7-8-10(4,5)6;2*1-4(2)3;;/h1-5H3;1H2,2-5H3;7H,1-6H3;2*4H,1H2,2-3H3;;/q;;-1;;;;+3. The molecule has 0 bridgehead atoms. The fourth-order valence-corrected chi connectivity index (χ4v) is 13.2. The summed E-state index contributed by atoms with van der Waals surface area (Å²) in [6, 6.07) is 0. The molecule has 0 saturated heterocycles. The maximum Gasteiger partial charge on any atom is 3.00 e. The summed E-state index contributed by atoms with van der Waals surface area (Å²) in [4.78, 5) is 0. The SMILES string of the molecule is C[C]1[C](C)[C](C)[C](C)[C]1C.C[C]1[C](C)[C](C)[C]([CH2][Al]([CH2]C(C)C)[CH2]C(C)C)[C]1C.C[Si](C)(C)[C-]=C[Si](C)(C)C.[Zr+3]. The molecule has 11 radical (unpaired) electrons. The minimum atomic E-state index is -1.04. The molecule has 223 valence electrons. The van der Waals surface area contributed by atoms with Crippen LogP contribution in [0.1, 0.15) is 90.0 Å². The molecule has 0 spiro atoms. The van der Waals surface area contributed by atoms with Gasteiger partial charge in [0.15, 0.2) is 0 Å². The molecule has 2 aliphatic carbocycles. The summed E-state index contributed by atoms with van der Waals surface area (Å²) >= 11 is -0.640. The van der Waals surface area contributed by atoms with Crippen molar-refractivity contribution in [2.75, 3.05) is 0 Å². The first-order chi connectivity index (χ1) is 17.5. The van der Waals surface area contributed by atoms with E-state index in [4.69, 9.17) is 0 Å². The zero-order valence-electron chi connectivity index (χ0n) is 30.4. The van der Waals surface area contributed by atoms with Crippen LogP contribution < -0.4 is 0 Å². The Bertz CT molecular complexity index is 607. The Balaban J connectivity index is 0. The minimum absolute atomic E-state index is 0. The molecule has 0 unspecified atom stereocenters. The Kier molecular flexibility index (Phi) is 21.0. The Morgan fingerprint density at radius 2 is 0.825 bits per heavy atom. The van der Waals surface area contributed by atoms with Crippen LogP contribution in [0.25, 0.3) is 0 Å². The van der Waals surface area contributed by atoms with Crippen LogP contribution in [0.5, 0.6) is 0 Å². The zero-order chi connectivity index (χ0) is 31.0. The van der Waals surface area contributed by atoms with Crippen molar-refractivity contribution in [3.63, 3.8) is 0 Å². The van der Waals surface area contributed by atoms with Crippen LogP contribution in [0.3, 0.4) is 0 Å². The minimum Gasteiger partial charge on any atom is -0.506 e. The molecule has 0 atom stereocenters. The molecule has 4 heteroatoms. The van der Waals surface area contributed by atoms with Crippen LogP contribution in [0.15, 0.2) is 5.70 Å². The Morgan fingerprint density at radius 1 is 0.550 bits per heavy atom. The van der Waals surface area contributed by atoms with Gasteiger partial charge < -0.3 is 5.70 Å². The summed E-state index contributed by atoms with van der Waals surface area (Å²) < 4.78 is 0. The smallest absolute Gasteiger partial charge is 0.506 e. The van der Waals surface area contributed by atoms with E-state index in [1.807, 2.05) is 0 Å². The van der Waals surface area contributed by atoms with Gasteiger partial charge in [-0.15, -0.1) is 8.07 Å². The average Bonchev–Trinajstić information content (AvgIpc) is 3.07. The van der Waals surface area contributed by atoms with Gasteiger partial charge >= 0.3 is 26.2 Å². The summed E-state index contributed by atoms with van der Waals surface area (Å²) in [5, 5.41) is 4.42. The molecule has 0 nitrogen and oxygen atoms in total. The molecule has 0 aliphatic heterocycles. The third-order valence-electron chi connectivity index (χ3n) is 8.45. The van der Waals surface area contributed by atoms with Gasteiger partial charge in [-0.1, -0.05) is 157 Å². The van der Waals surface area contributed by atoms with Crippen LogP contribution >= 0.6 is 0 Å². The van der Waals surface area contributed by atoms with Gasteiger partial charge in [0.05, 0.1) is 0 Å². The molecule has 2 fully saturated rings. The van der Waals surface area contributed by atoms with Crippen LogP contribution in [0.4, 0.5) is 0 Å². The third-order valence-corrected chi connectivity index (χ3v) is 15.0. The van der Waals surface area contributed by atoms with E-state index in [-0.39, 0.29) is 26.2 Å². The second kappa shape index (κ2) is 19.2. The first-order valence-electron chi connectivity index (χ1n) is 15.5. The second-order valence-electron chi connectivity index (χ2n) is 15.3. The zero-order valence-corrected chi connectivity index (χ0v) is 36.0. The van der Waals surface area contributed by atoms with E-state index in [0.29, 0.717) is 0 Å². The summed E-state index contributed by atoms with van der Waals surface area (Å²) in [7, 11) is -2.01.